The molecule has 2 heterocycles. The Labute approximate surface area is 226 Å². The molecule has 0 aliphatic carbocycles. The minimum atomic E-state index is -0.891. The largest absolute Gasteiger partial charge is 0.507 e. The highest BCUT2D eigenvalue weighted by molar-refractivity contribution is 6.51. The van der Waals surface area contributed by atoms with Crippen molar-refractivity contribution in [2.24, 2.45) is 0 Å². The van der Waals surface area contributed by atoms with Crippen LogP contribution in [0, 0.1) is 0 Å². The normalized spacial score (nSPS) is 18.2. The van der Waals surface area contributed by atoms with E-state index >= 15 is 0 Å². The van der Waals surface area contributed by atoms with Crippen molar-refractivity contribution in [2.45, 2.75) is 39.2 Å². The fourth-order valence-electron chi connectivity index (χ4n) is 4.79. The summed E-state index contributed by atoms with van der Waals surface area (Å²) in [7, 11) is 0. The highest BCUT2D eigenvalue weighted by Crippen LogP contribution is 2.45. The Bertz CT molecular complexity index is 1450. The van der Waals surface area contributed by atoms with E-state index in [0.29, 0.717) is 45.7 Å². The molecule has 7 nitrogen and oxygen atoms in total. The number of nitrogens with zero attached hydrogens (tertiary/aromatic N) is 1. The van der Waals surface area contributed by atoms with Crippen molar-refractivity contribution >= 4 is 34.7 Å². The Hall–Kier alpha value is -3.97. The number of fused-ring (bicyclic) bond motifs is 1. The number of carbonyl (C=O) groups is 2. The first kappa shape index (κ1) is 25.7. The summed E-state index contributed by atoms with van der Waals surface area (Å²) < 4.78 is 16.7. The number of carbonyl (C=O) groups excluding carboxylic acids is 2. The average molecular weight is 534 g/mol. The average Bonchev–Trinajstić information content (AvgIpc) is 3.46. The summed E-state index contributed by atoms with van der Waals surface area (Å²) >= 11 is 6.14. The molecular formula is C30H28ClNO6. The fraction of sp³-hybridized carbons (Fsp3) is 0.267. The van der Waals surface area contributed by atoms with Gasteiger partial charge in [-0.3, -0.25) is 14.5 Å². The number of aliphatic hydroxyl groups excluding tert-OH is 1. The molecule has 1 unspecified atom stereocenters. The second-order valence-electron chi connectivity index (χ2n) is 10.2. The van der Waals surface area contributed by atoms with Gasteiger partial charge in [0.05, 0.1) is 18.2 Å². The highest BCUT2D eigenvalue weighted by atomic mass is 35.5. The van der Waals surface area contributed by atoms with Crippen molar-refractivity contribution in [2.75, 3.05) is 18.3 Å². The zero-order valence-corrected chi connectivity index (χ0v) is 22.3. The van der Waals surface area contributed by atoms with Crippen LogP contribution in [0.1, 0.15) is 50.4 Å². The monoisotopic (exact) mass is 533 g/mol. The van der Waals surface area contributed by atoms with Gasteiger partial charge in [0, 0.05) is 27.9 Å². The smallest absolute Gasteiger partial charge is 0.300 e. The molecule has 0 aromatic heterocycles. The number of ketones is 1. The van der Waals surface area contributed by atoms with Crippen LogP contribution >= 0.6 is 11.6 Å². The van der Waals surface area contributed by atoms with Gasteiger partial charge < -0.3 is 19.3 Å². The van der Waals surface area contributed by atoms with Gasteiger partial charge in [-0.15, -0.1) is 0 Å². The lowest BCUT2D eigenvalue weighted by Gasteiger charge is -2.26. The third-order valence-electron chi connectivity index (χ3n) is 6.63. The molecule has 0 spiro atoms. The summed E-state index contributed by atoms with van der Waals surface area (Å²) in [5.74, 6) is -0.0802. The number of ether oxygens (including phenoxy) is 3. The molecule has 0 bridgehead atoms. The van der Waals surface area contributed by atoms with Gasteiger partial charge in [-0.05, 0) is 60.4 Å². The van der Waals surface area contributed by atoms with Crippen molar-refractivity contribution < 1.29 is 28.9 Å². The SMILES string of the molecule is CCOc1ccc(/C(O)=C2\C(=O)C(=O)N(c3ccc4c(c3)OCO4)C2c2ccc(Cl)cc2)cc1C(C)(C)C. The lowest BCUT2D eigenvalue weighted by atomic mass is 9.84. The zero-order valence-electron chi connectivity index (χ0n) is 21.6. The van der Waals surface area contributed by atoms with Gasteiger partial charge in [0.25, 0.3) is 11.7 Å². The summed E-state index contributed by atoms with van der Waals surface area (Å²) in [5.41, 5.74) is 2.04. The van der Waals surface area contributed by atoms with E-state index in [1.807, 2.05) is 33.8 Å². The lowest BCUT2D eigenvalue weighted by molar-refractivity contribution is -0.132. The Morgan fingerprint density at radius 3 is 2.42 bits per heavy atom. The summed E-state index contributed by atoms with van der Waals surface area (Å²) in [6.45, 7) is 8.60. The van der Waals surface area contributed by atoms with Crippen molar-refractivity contribution in [3.63, 3.8) is 0 Å². The van der Waals surface area contributed by atoms with Crippen molar-refractivity contribution in [1.29, 1.82) is 0 Å². The molecule has 1 fully saturated rings. The third kappa shape index (κ3) is 4.47. The molecule has 5 rings (SSSR count). The van der Waals surface area contributed by atoms with Gasteiger partial charge >= 0.3 is 0 Å². The number of benzene rings is 3. The van der Waals surface area contributed by atoms with E-state index in [-0.39, 0.29) is 23.5 Å². The van der Waals surface area contributed by atoms with Crippen molar-refractivity contribution in [3.8, 4) is 17.2 Å². The van der Waals surface area contributed by atoms with Crippen LogP contribution in [0.5, 0.6) is 17.2 Å². The lowest BCUT2D eigenvalue weighted by Crippen LogP contribution is -2.29. The molecule has 1 atom stereocenters. The van der Waals surface area contributed by atoms with E-state index in [0.717, 1.165) is 5.56 Å². The van der Waals surface area contributed by atoms with E-state index in [9.17, 15) is 14.7 Å². The van der Waals surface area contributed by atoms with Crippen LogP contribution in [0.2, 0.25) is 5.02 Å². The minimum Gasteiger partial charge on any atom is -0.507 e. The highest BCUT2D eigenvalue weighted by Gasteiger charge is 2.47. The van der Waals surface area contributed by atoms with Gasteiger partial charge in [0.1, 0.15) is 11.5 Å². The Morgan fingerprint density at radius 2 is 1.74 bits per heavy atom. The van der Waals surface area contributed by atoms with Gasteiger partial charge in [-0.2, -0.15) is 0 Å². The number of hydrogen-bond donors (Lipinski definition) is 1. The van der Waals surface area contributed by atoms with Crippen LogP contribution in [-0.2, 0) is 15.0 Å². The molecule has 2 aliphatic rings. The van der Waals surface area contributed by atoms with Crippen LogP contribution < -0.4 is 19.1 Å². The summed E-state index contributed by atoms with van der Waals surface area (Å²) in [6.07, 6.45) is 0. The predicted molar refractivity (Wildman–Crippen MR) is 145 cm³/mol. The number of Topliss-reactive ketones (excluding diaryl/α,β-unsaturated/α-hetero) is 1. The number of anilines is 1. The number of amides is 1. The Balaban J connectivity index is 1.70. The molecule has 8 heteroatoms. The first-order chi connectivity index (χ1) is 18.1. The first-order valence-corrected chi connectivity index (χ1v) is 12.7. The molecule has 3 aromatic carbocycles. The zero-order chi connectivity index (χ0) is 27.2. The van der Waals surface area contributed by atoms with Crippen LogP contribution in [0.3, 0.4) is 0 Å². The maximum atomic E-state index is 13.5. The molecular weight excluding hydrogens is 506 g/mol. The van der Waals surface area contributed by atoms with Crippen molar-refractivity contribution in [1.82, 2.24) is 0 Å². The number of hydrogen-bond acceptors (Lipinski definition) is 6. The second kappa shape index (κ2) is 9.72. The maximum absolute atomic E-state index is 13.5. The van der Waals surface area contributed by atoms with Crippen LogP contribution in [0.4, 0.5) is 5.69 Å². The van der Waals surface area contributed by atoms with E-state index < -0.39 is 17.7 Å². The Kier molecular flexibility index (Phi) is 6.57. The maximum Gasteiger partial charge on any atom is 0.300 e. The predicted octanol–water partition coefficient (Wildman–Crippen LogP) is 6.39. The topological polar surface area (TPSA) is 85.3 Å². The molecule has 1 saturated heterocycles. The van der Waals surface area contributed by atoms with E-state index in [1.54, 1.807) is 54.6 Å². The molecule has 0 radical (unpaired) electrons. The van der Waals surface area contributed by atoms with Crippen molar-refractivity contribution in [3.05, 3.63) is 87.9 Å². The van der Waals surface area contributed by atoms with Gasteiger partial charge in [-0.1, -0.05) is 44.5 Å². The molecule has 1 N–H and O–H groups in total. The summed E-state index contributed by atoms with van der Waals surface area (Å²) in [5, 5.41) is 12.1. The summed E-state index contributed by atoms with van der Waals surface area (Å²) in [4.78, 5) is 28.4. The van der Waals surface area contributed by atoms with E-state index in [4.69, 9.17) is 25.8 Å². The minimum absolute atomic E-state index is 0.0148. The fourth-order valence-corrected chi connectivity index (χ4v) is 4.92. The van der Waals surface area contributed by atoms with Gasteiger partial charge in [0.15, 0.2) is 11.5 Å². The van der Waals surface area contributed by atoms with E-state index in [2.05, 4.69) is 0 Å². The quantitative estimate of drug-likeness (QED) is 0.232. The standard InChI is InChI=1S/C30H28ClNO6/c1-5-36-22-12-8-18(14-21(22)30(2,3)4)27(33)25-26(17-6-9-19(31)10-7-17)32(29(35)28(25)34)20-11-13-23-24(15-20)38-16-37-23/h6-15,26,33H,5,16H2,1-4H3/b27-25+. The molecule has 0 saturated carbocycles. The molecule has 1 amide bonds. The van der Waals surface area contributed by atoms with Gasteiger partial charge in [0.2, 0.25) is 6.79 Å². The molecule has 38 heavy (non-hydrogen) atoms. The van der Waals surface area contributed by atoms with Gasteiger partial charge in [-0.25, -0.2) is 0 Å². The number of aliphatic hydroxyl groups is 1. The second-order valence-corrected chi connectivity index (χ2v) is 10.6. The molecule has 2 aliphatic heterocycles. The number of rotatable bonds is 5. The molecule has 3 aromatic rings. The number of halogens is 1. The van der Waals surface area contributed by atoms with E-state index in [1.165, 1.54) is 4.90 Å². The Morgan fingerprint density at radius 1 is 1.03 bits per heavy atom. The third-order valence-corrected chi connectivity index (χ3v) is 6.88. The first-order valence-electron chi connectivity index (χ1n) is 12.3. The summed E-state index contributed by atoms with van der Waals surface area (Å²) in [6, 6.07) is 16.3. The van der Waals surface area contributed by atoms with Crippen LogP contribution in [0.15, 0.2) is 66.2 Å². The molecule has 196 valence electrons. The van der Waals surface area contributed by atoms with Crippen LogP contribution in [0.25, 0.3) is 5.76 Å². The van der Waals surface area contributed by atoms with Crippen LogP contribution in [-0.4, -0.2) is 30.2 Å².